The van der Waals surface area contributed by atoms with Crippen molar-refractivity contribution in [3.63, 3.8) is 0 Å². The van der Waals surface area contributed by atoms with E-state index in [9.17, 15) is 0 Å². The Labute approximate surface area is 133 Å². The van der Waals surface area contributed by atoms with E-state index in [2.05, 4.69) is 42.7 Å². The molecule has 0 radical (unpaired) electrons. The molecule has 21 heavy (non-hydrogen) atoms. The summed E-state index contributed by atoms with van der Waals surface area (Å²) in [5, 5.41) is 7.10. The molecule has 0 saturated heterocycles. The van der Waals surface area contributed by atoms with Crippen molar-refractivity contribution in [2.75, 3.05) is 26.5 Å². The van der Waals surface area contributed by atoms with Crippen LogP contribution in [0.1, 0.15) is 46.5 Å². The van der Waals surface area contributed by atoms with Gasteiger partial charge in [0.1, 0.15) is 0 Å². The van der Waals surface area contributed by atoms with Crippen LogP contribution in [0, 0.1) is 5.41 Å². The first-order valence-corrected chi connectivity index (χ1v) is 9.34. The van der Waals surface area contributed by atoms with Gasteiger partial charge in [0, 0.05) is 36.4 Å². The number of guanidine groups is 1. The smallest absolute Gasteiger partial charge is 0.191 e. The molecule has 2 aliphatic rings. The van der Waals surface area contributed by atoms with Gasteiger partial charge in [0.2, 0.25) is 0 Å². The van der Waals surface area contributed by atoms with Crippen LogP contribution in [0.25, 0.3) is 0 Å². The summed E-state index contributed by atoms with van der Waals surface area (Å²) in [6.07, 6.45) is 7.65. The number of thioether (sulfide) groups is 1. The van der Waals surface area contributed by atoms with E-state index in [0.29, 0.717) is 17.6 Å². The molecule has 0 aromatic heterocycles. The summed E-state index contributed by atoms with van der Waals surface area (Å²) in [7, 11) is 1.85. The van der Waals surface area contributed by atoms with Crippen LogP contribution in [-0.4, -0.2) is 49.3 Å². The molecule has 122 valence electrons. The molecule has 2 rings (SSSR count). The van der Waals surface area contributed by atoms with Crippen LogP contribution in [0.3, 0.4) is 0 Å². The van der Waals surface area contributed by atoms with Crippen LogP contribution in [0.5, 0.6) is 0 Å². The van der Waals surface area contributed by atoms with Crippen molar-refractivity contribution in [3.8, 4) is 0 Å². The molecule has 2 atom stereocenters. The van der Waals surface area contributed by atoms with Crippen molar-refractivity contribution < 1.29 is 4.74 Å². The molecule has 4 nitrogen and oxygen atoms in total. The van der Waals surface area contributed by atoms with Gasteiger partial charge in [-0.05, 0) is 46.3 Å². The van der Waals surface area contributed by atoms with E-state index in [4.69, 9.17) is 4.74 Å². The molecule has 0 aromatic carbocycles. The summed E-state index contributed by atoms with van der Waals surface area (Å²) in [6, 6.07) is 0.520. The van der Waals surface area contributed by atoms with Gasteiger partial charge in [-0.3, -0.25) is 4.99 Å². The first kappa shape index (κ1) is 16.9. The Hall–Kier alpha value is -0.420. The Balaban J connectivity index is 1.86. The molecule has 0 aromatic rings. The van der Waals surface area contributed by atoms with Gasteiger partial charge in [-0.1, -0.05) is 6.42 Å². The lowest BCUT2D eigenvalue weighted by Crippen LogP contribution is -2.68. The molecule has 1 spiro atoms. The predicted molar refractivity (Wildman–Crippen MR) is 92.2 cm³/mol. The van der Waals surface area contributed by atoms with Gasteiger partial charge >= 0.3 is 0 Å². The highest BCUT2D eigenvalue weighted by Gasteiger charge is 2.59. The third-order valence-corrected chi connectivity index (χ3v) is 6.46. The zero-order valence-electron chi connectivity index (χ0n) is 14.2. The van der Waals surface area contributed by atoms with Gasteiger partial charge < -0.3 is 15.4 Å². The second-order valence-corrected chi connectivity index (χ2v) is 8.37. The van der Waals surface area contributed by atoms with Crippen LogP contribution in [0.4, 0.5) is 0 Å². The molecular weight excluding hydrogens is 282 g/mol. The molecule has 0 heterocycles. The van der Waals surface area contributed by atoms with Crippen molar-refractivity contribution in [1.82, 2.24) is 10.6 Å². The number of hydrogen-bond donors (Lipinski definition) is 2. The monoisotopic (exact) mass is 313 g/mol. The van der Waals surface area contributed by atoms with Crippen molar-refractivity contribution >= 4 is 17.7 Å². The van der Waals surface area contributed by atoms with E-state index in [1.165, 1.54) is 19.3 Å². The lowest BCUT2D eigenvalue weighted by atomic mass is 9.51. The average Bonchev–Trinajstić information content (AvgIpc) is 2.39. The fourth-order valence-electron chi connectivity index (χ4n) is 3.37. The average molecular weight is 314 g/mol. The van der Waals surface area contributed by atoms with Crippen molar-refractivity contribution in [3.05, 3.63) is 0 Å². The maximum Gasteiger partial charge on any atom is 0.191 e. The third-order valence-electron chi connectivity index (χ3n) is 5.21. The Morgan fingerprint density at radius 1 is 1.43 bits per heavy atom. The molecule has 2 saturated carbocycles. The quantitative estimate of drug-likeness (QED) is 0.584. The zero-order valence-corrected chi connectivity index (χ0v) is 15.0. The number of aliphatic imine (C=N–C) groups is 1. The Kier molecular flexibility index (Phi) is 5.47. The minimum absolute atomic E-state index is 0.221. The van der Waals surface area contributed by atoms with Gasteiger partial charge in [0.15, 0.2) is 5.96 Å². The molecule has 2 unspecified atom stereocenters. The molecular formula is C16H31N3OS. The summed E-state index contributed by atoms with van der Waals surface area (Å²) in [5.74, 6) is 0.934. The lowest BCUT2D eigenvalue weighted by Gasteiger charge is -2.61. The van der Waals surface area contributed by atoms with Gasteiger partial charge in [0.05, 0.1) is 6.10 Å². The van der Waals surface area contributed by atoms with E-state index < -0.39 is 0 Å². The fourth-order valence-corrected chi connectivity index (χ4v) is 3.59. The maximum absolute atomic E-state index is 5.91. The van der Waals surface area contributed by atoms with Gasteiger partial charge in [-0.15, -0.1) is 0 Å². The van der Waals surface area contributed by atoms with Crippen molar-refractivity contribution in [1.29, 1.82) is 0 Å². The van der Waals surface area contributed by atoms with E-state index in [1.54, 1.807) is 0 Å². The van der Waals surface area contributed by atoms with Crippen LogP contribution in [-0.2, 0) is 4.74 Å². The number of rotatable bonds is 6. The molecule has 2 fully saturated rings. The first-order valence-electron chi connectivity index (χ1n) is 8.11. The van der Waals surface area contributed by atoms with E-state index in [0.717, 1.165) is 25.5 Å². The summed E-state index contributed by atoms with van der Waals surface area (Å²) in [4.78, 5) is 4.39. The maximum atomic E-state index is 5.91. The molecule has 0 bridgehead atoms. The van der Waals surface area contributed by atoms with Gasteiger partial charge in [-0.25, -0.2) is 0 Å². The lowest BCUT2D eigenvalue weighted by molar-refractivity contribution is -0.168. The molecule has 2 aliphatic carbocycles. The van der Waals surface area contributed by atoms with Crippen molar-refractivity contribution in [2.45, 2.75) is 63.3 Å². The normalized spacial score (nSPS) is 28.0. The Bertz CT molecular complexity index is 380. The Morgan fingerprint density at radius 3 is 2.62 bits per heavy atom. The number of hydrogen-bond acceptors (Lipinski definition) is 3. The molecule has 0 aliphatic heterocycles. The second kappa shape index (κ2) is 6.78. The second-order valence-electron chi connectivity index (χ2n) is 6.85. The fraction of sp³-hybridized carbons (Fsp3) is 0.938. The topological polar surface area (TPSA) is 45.6 Å². The van der Waals surface area contributed by atoms with Crippen LogP contribution >= 0.6 is 11.8 Å². The van der Waals surface area contributed by atoms with E-state index in [-0.39, 0.29) is 4.75 Å². The number of nitrogens with zero attached hydrogens (tertiary/aromatic N) is 1. The highest BCUT2D eigenvalue weighted by Crippen LogP contribution is 2.57. The van der Waals surface area contributed by atoms with Crippen molar-refractivity contribution in [2.24, 2.45) is 10.4 Å². The van der Waals surface area contributed by atoms with Crippen LogP contribution < -0.4 is 10.6 Å². The highest BCUT2D eigenvalue weighted by atomic mass is 32.2. The number of ether oxygens (including phenoxy) is 1. The molecule has 2 N–H and O–H groups in total. The summed E-state index contributed by atoms with van der Waals surface area (Å²) >= 11 is 1.88. The zero-order chi connectivity index (χ0) is 15.5. The van der Waals surface area contributed by atoms with Gasteiger partial charge in [-0.2, -0.15) is 11.8 Å². The summed E-state index contributed by atoms with van der Waals surface area (Å²) in [6.45, 7) is 8.34. The standard InChI is InChI=1S/C16H31N3OS/c1-6-20-13-10-12(16(13)8-7-9-16)19-14(17-4)18-11-15(2,3)21-5/h12-13H,6-11H2,1-5H3,(H2,17,18,19). The van der Waals surface area contributed by atoms with E-state index in [1.807, 2.05) is 18.8 Å². The minimum Gasteiger partial charge on any atom is -0.378 e. The Morgan fingerprint density at radius 2 is 2.14 bits per heavy atom. The van der Waals surface area contributed by atoms with Crippen LogP contribution in [0.2, 0.25) is 0 Å². The predicted octanol–water partition coefficient (Wildman–Crippen LogP) is 2.64. The minimum atomic E-state index is 0.221. The number of nitrogens with one attached hydrogen (secondary N) is 2. The molecule has 5 heteroatoms. The first-order chi connectivity index (χ1) is 9.97. The third kappa shape index (κ3) is 3.50. The highest BCUT2D eigenvalue weighted by molar-refractivity contribution is 7.99. The van der Waals surface area contributed by atoms with Gasteiger partial charge in [0.25, 0.3) is 0 Å². The van der Waals surface area contributed by atoms with E-state index >= 15 is 0 Å². The molecule has 0 amide bonds. The van der Waals surface area contributed by atoms with Crippen LogP contribution in [0.15, 0.2) is 4.99 Å². The SMILES string of the molecule is CCOC1CC(NC(=NC)NCC(C)(C)SC)C12CCC2. The summed E-state index contributed by atoms with van der Waals surface area (Å²) < 4.78 is 6.13. The largest absolute Gasteiger partial charge is 0.378 e. The summed E-state index contributed by atoms with van der Waals surface area (Å²) in [5.41, 5.74) is 0.378.